The van der Waals surface area contributed by atoms with Gasteiger partial charge >= 0.3 is 0 Å². The monoisotopic (exact) mass is 243 g/mol. The Hall–Kier alpha value is 0.250. The molecule has 0 heterocycles. The van der Waals surface area contributed by atoms with Crippen LogP contribution in [0, 0.1) is 11.8 Å². The highest BCUT2D eigenvalue weighted by Gasteiger charge is 2.26. The summed E-state index contributed by atoms with van der Waals surface area (Å²) in [5.74, 6) is 2.53. The van der Waals surface area contributed by atoms with Gasteiger partial charge in [-0.15, -0.1) is 11.6 Å². The topological polar surface area (TPSA) is 12.0 Å². The molecule has 0 amide bonds. The molecular weight excluding hydrogens is 218 g/mol. The molecule has 0 aliphatic heterocycles. The zero-order chi connectivity index (χ0) is 11.2. The summed E-state index contributed by atoms with van der Waals surface area (Å²) in [5, 5.41) is 3.81. The smallest absolute Gasteiger partial charge is 0.0254 e. The minimum absolute atomic E-state index is 0.792. The van der Waals surface area contributed by atoms with Crippen LogP contribution >= 0.6 is 11.6 Å². The van der Waals surface area contributed by atoms with Crippen molar-refractivity contribution in [3.8, 4) is 0 Å². The number of nitrogens with one attached hydrogen (secondary N) is 1. The lowest BCUT2D eigenvalue weighted by atomic mass is 9.97. The molecule has 2 rings (SSSR count). The molecule has 2 aliphatic rings. The highest BCUT2D eigenvalue weighted by atomic mass is 35.5. The summed E-state index contributed by atoms with van der Waals surface area (Å²) in [6.45, 7) is 1.22. The van der Waals surface area contributed by atoms with Gasteiger partial charge in [0.2, 0.25) is 0 Å². The van der Waals surface area contributed by atoms with Gasteiger partial charge in [0.05, 0.1) is 0 Å². The first kappa shape index (κ1) is 12.7. The van der Waals surface area contributed by atoms with E-state index in [-0.39, 0.29) is 0 Å². The average molecular weight is 244 g/mol. The molecule has 0 bridgehead atoms. The first-order valence-corrected chi connectivity index (χ1v) is 7.73. The molecule has 2 aliphatic carbocycles. The molecule has 1 N–H and O–H groups in total. The minimum Gasteiger partial charge on any atom is -0.314 e. The lowest BCUT2D eigenvalue weighted by molar-refractivity contribution is 0.354. The molecule has 2 saturated carbocycles. The van der Waals surface area contributed by atoms with Crippen LogP contribution in [0.3, 0.4) is 0 Å². The fourth-order valence-electron chi connectivity index (χ4n) is 3.39. The summed E-state index contributed by atoms with van der Waals surface area (Å²) in [4.78, 5) is 0. The first-order valence-electron chi connectivity index (χ1n) is 7.19. The van der Waals surface area contributed by atoms with Gasteiger partial charge in [-0.3, -0.25) is 0 Å². The minimum atomic E-state index is 0.792. The Balaban J connectivity index is 1.69. The maximum atomic E-state index is 6.02. The van der Waals surface area contributed by atoms with Gasteiger partial charge in [-0.1, -0.05) is 32.1 Å². The van der Waals surface area contributed by atoms with E-state index in [1.807, 2.05) is 0 Å². The predicted molar refractivity (Wildman–Crippen MR) is 71.0 cm³/mol. The van der Waals surface area contributed by atoms with E-state index in [0.717, 1.165) is 23.8 Å². The third kappa shape index (κ3) is 3.63. The Morgan fingerprint density at radius 3 is 2.19 bits per heavy atom. The van der Waals surface area contributed by atoms with Crippen molar-refractivity contribution >= 4 is 11.6 Å². The molecule has 2 atom stereocenters. The van der Waals surface area contributed by atoms with E-state index in [1.54, 1.807) is 0 Å². The van der Waals surface area contributed by atoms with E-state index >= 15 is 0 Å². The van der Waals surface area contributed by atoms with Crippen LogP contribution in [-0.2, 0) is 0 Å². The molecule has 1 nitrogen and oxygen atoms in total. The second kappa shape index (κ2) is 6.86. The molecule has 0 radical (unpaired) electrons. The fourth-order valence-corrected chi connectivity index (χ4v) is 3.79. The Morgan fingerprint density at radius 1 is 0.812 bits per heavy atom. The number of hydrogen-bond donors (Lipinski definition) is 1. The van der Waals surface area contributed by atoms with E-state index in [2.05, 4.69) is 5.32 Å². The Bertz CT molecular complexity index is 187. The van der Waals surface area contributed by atoms with Crippen molar-refractivity contribution in [1.29, 1.82) is 0 Å². The molecule has 0 aromatic rings. The second-order valence-corrected chi connectivity index (χ2v) is 6.01. The lowest BCUT2D eigenvalue weighted by Gasteiger charge is -2.22. The van der Waals surface area contributed by atoms with Crippen LogP contribution < -0.4 is 5.32 Å². The Labute approximate surface area is 105 Å². The quantitative estimate of drug-likeness (QED) is 0.582. The van der Waals surface area contributed by atoms with Crippen molar-refractivity contribution < 1.29 is 0 Å². The molecule has 16 heavy (non-hydrogen) atoms. The van der Waals surface area contributed by atoms with Crippen molar-refractivity contribution in [1.82, 2.24) is 5.32 Å². The summed E-state index contributed by atoms with van der Waals surface area (Å²) in [5.41, 5.74) is 0. The van der Waals surface area contributed by atoms with Crippen LogP contribution in [0.5, 0.6) is 0 Å². The fraction of sp³-hybridized carbons (Fsp3) is 1.00. The number of alkyl halides is 1. The summed E-state index contributed by atoms with van der Waals surface area (Å²) < 4.78 is 0. The van der Waals surface area contributed by atoms with Gasteiger partial charge in [0, 0.05) is 11.9 Å². The summed E-state index contributed by atoms with van der Waals surface area (Å²) in [7, 11) is 0. The number of hydrogen-bond acceptors (Lipinski definition) is 1. The maximum Gasteiger partial charge on any atom is 0.0254 e. The summed E-state index contributed by atoms with van der Waals surface area (Å²) in [6.07, 6.45) is 12.7. The van der Waals surface area contributed by atoms with Crippen molar-refractivity contribution in [2.45, 2.75) is 63.8 Å². The zero-order valence-electron chi connectivity index (χ0n) is 10.4. The van der Waals surface area contributed by atoms with Gasteiger partial charge in [0.1, 0.15) is 0 Å². The van der Waals surface area contributed by atoms with Gasteiger partial charge in [0.15, 0.2) is 0 Å². The molecule has 0 aromatic heterocycles. The van der Waals surface area contributed by atoms with Gasteiger partial charge < -0.3 is 5.32 Å². The van der Waals surface area contributed by atoms with Crippen molar-refractivity contribution in [3.63, 3.8) is 0 Å². The van der Waals surface area contributed by atoms with Gasteiger partial charge in [-0.25, -0.2) is 0 Å². The maximum absolute atomic E-state index is 6.02. The molecular formula is C14H26ClN. The third-order valence-electron chi connectivity index (χ3n) is 4.54. The standard InChI is InChI=1S/C14H26ClN/c15-10-12-6-5-7-13(12)11-16-14-8-3-1-2-4-9-14/h12-14,16H,1-11H2. The van der Waals surface area contributed by atoms with Crippen molar-refractivity contribution in [2.75, 3.05) is 12.4 Å². The number of rotatable bonds is 4. The molecule has 2 fully saturated rings. The van der Waals surface area contributed by atoms with Crippen LogP contribution in [0.2, 0.25) is 0 Å². The summed E-state index contributed by atoms with van der Waals surface area (Å²) >= 11 is 6.02. The van der Waals surface area contributed by atoms with E-state index in [1.165, 1.54) is 64.3 Å². The van der Waals surface area contributed by atoms with E-state index in [4.69, 9.17) is 11.6 Å². The average Bonchev–Trinajstić information content (AvgIpc) is 2.60. The van der Waals surface area contributed by atoms with Crippen LogP contribution in [-0.4, -0.2) is 18.5 Å². The van der Waals surface area contributed by atoms with Gasteiger partial charge in [0.25, 0.3) is 0 Å². The largest absolute Gasteiger partial charge is 0.314 e. The molecule has 0 spiro atoms. The summed E-state index contributed by atoms with van der Waals surface area (Å²) in [6, 6.07) is 0.805. The Kier molecular flexibility index (Phi) is 5.44. The van der Waals surface area contributed by atoms with Crippen LogP contribution in [0.25, 0.3) is 0 Å². The molecule has 2 heteroatoms. The molecule has 2 unspecified atom stereocenters. The predicted octanol–water partition coefficient (Wildman–Crippen LogP) is 3.95. The van der Waals surface area contributed by atoms with Gasteiger partial charge in [-0.05, 0) is 44.1 Å². The van der Waals surface area contributed by atoms with Crippen molar-refractivity contribution in [3.05, 3.63) is 0 Å². The van der Waals surface area contributed by atoms with Crippen LogP contribution in [0.1, 0.15) is 57.8 Å². The van der Waals surface area contributed by atoms with Gasteiger partial charge in [-0.2, -0.15) is 0 Å². The highest BCUT2D eigenvalue weighted by molar-refractivity contribution is 6.18. The van der Waals surface area contributed by atoms with Crippen molar-refractivity contribution in [2.24, 2.45) is 11.8 Å². The third-order valence-corrected chi connectivity index (χ3v) is 4.93. The first-order chi connectivity index (χ1) is 7.90. The highest BCUT2D eigenvalue weighted by Crippen LogP contribution is 2.32. The van der Waals surface area contributed by atoms with E-state index < -0.39 is 0 Å². The number of halogens is 1. The van der Waals surface area contributed by atoms with Crippen LogP contribution in [0.15, 0.2) is 0 Å². The Morgan fingerprint density at radius 2 is 1.50 bits per heavy atom. The molecule has 94 valence electrons. The SMILES string of the molecule is ClCC1CCCC1CNC1CCCCCC1. The second-order valence-electron chi connectivity index (χ2n) is 5.70. The van der Waals surface area contributed by atoms with E-state index in [0.29, 0.717) is 0 Å². The zero-order valence-corrected chi connectivity index (χ0v) is 11.1. The molecule has 0 saturated heterocycles. The lowest BCUT2D eigenvalue weighted by Crippen LogP contribution is -2.34. The van der Waals surface area contributed by atoms with Crippen LogP contribution in [0.4, 0.5) is 0 Å². The molecule has 0 aromatic carbocycles. The van der Waals surface area contributed by atoms with E-state index in [9.17, 15) is 0 Å². The normalized spacial score (nSPS) is 32.8.